The summed E-state index contributed by atoms with van der Waals surface area (Å²) >= 11 is 18.0. The molecule has 2 aromatic rings. The Morgan fingerprint density at radius 1 is 1.07 bits per heavy atom. The molecule has 144 valence electrons. The molecule has 0 saturated heterocycles. The Hall–Kier alpha value is -1.69. The molecule has 1 amide bonds. The van der Waals surface area contributed by atoms with Crippen LogP contribution in [0.4, 0.5) is 10.1 Å². The lowest BCUT2D eigenvalue weighted by Crippen LogP contribution is -2.16. The summed E-state index contributed by atoms with van der Waals surface area (Å²) in [4.78, 5) is 12.6. The number of rotatable bonds is 5. The second-order valence-electron chi connectivity index (χ2n) is 6.21. The summed E-state index contributed by atoms with van der Waals surface area (Å²) in [5.74, 6) is -0.898. The number of halogens is 4. The summed E-state index contributed by atoms with van der Waals surface area (Å²) in [6.07, 6.45) is 4.01. The highest BCUT2D eigenvalue weighted by molar-refractivity contribution is 6.42. The Kier molecular flexibility index (Phi) is 6.35. The van der Waals surface area contributed by atoms with Gasteiger partial charge in [0, 0.05) is 11.1 Å². The minimum absolute atomic E-state index is 0.0282. The number of carbonyl (C=O) groups is 1. The van der Waals surface area contributed by atoms with Crippen molar-refractivity contribution in [2.45, 2.75) is 31.8 Å². The van der Waals surface area contributed by atoms with Gasteiger partial charge in [0.1, 0.15) is 5.82 Å². The molecule has 0 aromatic heterocycles. The van der Waals surface area contributed by atoms with E-state index >= 15 is 0 Å². The second-order valence-corrected chi connectivity index (χ2v) is 7.46. The van der Waals surface area contributed by atoms with Gasteiger partial charge in [-0.25, -0.2) is 4.39 Å². The normalized spacial score (nSPS) is 14.3. The monoisotopic (exact) mass is 431 g/mol. The predicted octanol–water partition coefficient (Wildman–Crippen LogP) is 6.37. The summed E-state index contributed by atoms with van der Waals surface area (Å²) < 4.78 is 25.6. The molecule has 0 unspecified atom stereocenters. The molecule has 0 spiro atoms. The predicted molar refractivity (Wildman–Crippen MR) is 105 cm³/mol. The Morgan fingerprint density at radius 2 is 1.70 bits per heavy atom. The topological polar surface area (TPSA) is 47.6 Å². The molecule has 0 radical (unpaired) electrons. The first-order valence-corrected chi connectivity index (χ1v) is 9.52. The fraction of sp³-hybridized carbons (Fsp3) is 0.316. The van der Waals surface area contributed by atoms with E-state index in [9.17, 15) is 9.18 Å². The van der Waals surface area contributed by atoms with Crippen molar-refractivity contribution >= 4 is 46.4 Å². The summed E-state index contributed by atoms with van der Waals surface area (Å²) in [7, 11) is 1.42. The van der Waals surface area contributed by atoms with Crippen molar-refractivity contribution in [1.29, 1.82) is 0 Å². The highest BCUT2D eigenvalue weighted by Crippen LogP contribution is 2.36. The summed E-state index contributed by atoms with van der Waals surface area (Å²) in [5.41, 5.74) is -0.0490. The van der Waals surface area contributed by atoms with Gasteiger partial charge in [0.25, 0.3) is 5.91 Å². The molecule has 2 aromatic carbocycles. The number of carbonyl (C=O) groups excluding carboxylic acids is 1. The van der Waals surface area contributed by atoms with Gasteiger partial charge in [0.15, 0.2) is 11.5 Å². The quantitative estimate of drug-likeness (QED) is 0.597. The number of benzene rings is 2. The van der Waals surface area contributed by atoms with Crippen LogP contribution in [0.5, 0.6) is 11.5 Å². The van der Waals surface area contributed by atoms with Crippen LogP contribution >= 0.6 is 34.8 Å². The van der Waals surface area contributed by atoms with Gasteiger partial charge in [0.2, 0.25) is 0 Å². The first-order chi connectivity index (χ1) is 12.9. The molecule has 3 rings (SSSR count). The Labute approximate surface area is 171 Å². The van der Waals surface area contributed by atoms with Gasteiger partial charge in [0.05, 0.1) is 34.5 Å². The van der Waals surface area contributed by atoms with Crippen molar-refractivity contribution in [1.82, 2.24) is 0 Å². The third kappa shape index (κ3) is 4.60. The van der Waals surface area contributed by atoms with Gasteiger partial charge in [-0.2, -0.15) is 0 Å². The highest BCUT2D eigenvalue weighted by Gasteiger charge is 2.23. The lowest BCUT2D eigenvalue weighted by atomic mass is 10.1. The van der Waals surface area contributed by atoms with Crippen LogP contribution in [0.15, 0.2) is 24.3 Å². The third-order valence-electron chi connectivity index (χ3n) is 4.34. The average Bonchev–Trinajstić information content (AvgIpc) is 3.12. The van der Waals surface area contributed by atoms with Crippen molar-refractivity contribution in [3.05, 3.63) is 50.7 Å². The zero-order chi connectivity index (χ0) is 19.6. The fourth-order valence-corrected chi connectivity index (χ4v) is 3.90. The van der Waals surface area contributed by atoms with E-state index in [4.69, 9.17) is 44.3 Å². The maximum Gasteiger partial charge on any atom is 0.258 e. The summed E-state index contributed by atoms with van der Waals surface area (Å²) in [6, 6.07) is 5.33. The number of hydrogen-bond donors (Lipinski definition) is 1. The molecule has 1 fully saturated rings. The van der Waals surface area contributed by atoms with E-state index < -0.39 is 11.7 Å². The fourth-order valence-electron chi connectivity index (χ4n) is 2.99. The summed E-state index contributed by atoms with van der Waals surface area (Å²) in [6.45, 7) is 0. The van der Waals surface area contributed by atoms with Crippen molar-refractivity contribution in [3.63, 3.8) is 0 Å². The number of methoxy groups -OCH3 is 1. The van der Waals surface area contributed by atoms with Crippen LogP contribution < -0.4 is 14.8 Å². The molecule has 1 aliphatic rings. The Bertz CT molecular complexity index is 847. The van der Waals surface area contributed by atoms with Crippen LogP contribution in [-0.2, 0) is 0 Å². The maximum atomic E-state index is 14.5. The smallest absolute Gasteiger partial charge is 0.258 e. The zero-order valence-electron chi connectivity index (χ0n) is 14.5. The molecule has 0 aliphatic heterocycles. The minimum Gasteiger partial charge on any atom is -0.493 e. The van der Waals surface area contributed by atoms with Gasteiger partial charge in [-0.3, -0.25) is 4.79 Å². The molecule has 0 atom stereocenters. The zero-order valence-corrected chi connectivity index (χ0v) is 16.7. The average molecular weight is 433 g/mol. The number of hydrogen-bond acceptors (Lipinski definition) is 3. The van der Waals surface area contributed by atoms with Crippen molar-refractivity contribution in [3.8, 4) is 11.5 Å². The van der Waals surface area contributed by atoms with Crippen LogP contribution in [0, 0.1) is 5.82 Å². The van der Waals surface area contributed by atoms with Crippen LogP contribution in [0.2, 0.25) is 15.1 Å². The Morgan fingerprint density at radius 3 is 2.30 bits per heavy atom. The molecule has 27 heavy (non-hydrogen) atoms. The van der Waals surface area contributed by atoms with Crippen molar-refractivity contribution in [2.75, 3.05) is 12.4 Å². The van der Waals surface area contributed by atoms with E-state index in [0.29, 0.717) is 10.8 Å². The van der Waals surface area contributed by atoms with Gasteiger partial charge < -0.3 is 14.8 Å². The SMILES string of the molecule is COc1cc(F)c(C(=O)Nc2c(Cl)cc(Cl)cc2Cl)cc1OC1CCCC1. The van der Waals surface area contributed by atoms with Crippen LogP contribution in [0.3, 0.4) is 0 Å². The first-order valence-electron chi connectivity index (χ1n) is 8.39. The van der Waals surface area contributed by atoms with Gasteiger partial charge in [-0.1, -0.05) is 34.8 Å². The van der Waals surface area contributed by atoms with Crippen molar-refractivity contribution < 1.29 is 18.7 Å². The van der Waals surface area contributed by atoms with E-state index in [2.05, 4.69) is 5.32 Å². The lowest BCUT2D eigenvalue weighted by Gasteiger charge is -2.17. The maximum absolute atomic E-state index is 14.5. The lowest BCUT2D eigenvalue weighted by molar-refractivity contribution is 0.102. The second kappa shape index (κ2) is 8.55. The molecule has 4 nitrogen and oxygen atoms in total. The number of anilines is 1. The molecule has 1 aliphatic carbocycles. The van der Waals surface area contributed by atoms with Crippen LogP contribution in [0.25, 0.3) is 0 Å². The molecular formula is C19H17Cl3FNO3. The molecule has 1 saturated carbocycles. The van der Waals surface area contributed by atoms with Crippen LogP contribution in [-0.4, -0.2) is 19.1 Å². The van der Waals surface area contributed by atoms with Crippen molar-refractivity contribution in [2.24, 2.45) is 0 Å². The molecule has 0 bridgehead atoms. The van der Waals surface area contributed by atoms with Gasteiger partial charge >= 0.3 is 0 Å². The van der Waals surface area contributed by atoms with Crippen LogP contribution in [0.1, 0.15) is 36.0 Å². The largest absolute Gasteiger partial charge is 0.493 e. The van der Waals surface area contributed by atoms with E-state index in [1.165, 1.54) is 25.3 Å². The summed E-state index contributed by atoms with van der Waals surface area (Å²) in [5, 5.41) is 3.15. The molecule has 0 heterocycles. The van der Waals surface area contributed by atoms with Gasteiger partial charge in [-0.15, -0.1) is 0 Å². The highest BCUT2D eigenvalue weighted by atomic mass is 35.5. The van der Waals surface area contributed by atoms with E-state index in [-0.39, 0.29) is 33.1 Å². The Balaban J connectivity index is 1.89. The molecular weight excluding hydrogens is 416 g/mol. The van der Waals surface area contributed by atoms with Gasteiger partial charge in [-0.05, 0) is 43.9 Å². The van der Waals surface area contributed by atoms with E-state index in [0.717, 1.165) is 31.7 Å². The number of nitrogens with one attached hydrogen (secondary N) is 1. The standard InChI is InChI=1S/C19H17Cl3FNO3/c1-26-16-9-15(23)12(8-17(16)27-11-4-2-3-5-11)19(25)24-18-13(21)6-10(20)7-14(18)22/h6-9,11H,2-5H2,1H3,(H,24,25). The van der Waals surface area contributed by atoms with E-state index in [1.807, 2.05) is 0 Å². The van der Waals surface area contributed by atoms with E-state index in [1.54, 1.807) is 0 Å². The first kappa shape index (κ1) is 20.1. The molecule has 1 N–H and O–H groups in total. The third-order valence-corrected chi connectivity index (χ3v) is 5.15. The minimum atomic E-state index is -0.746. The molecule has 8 heteroatoms. The number of amides is 1. The number of ether oxygens (including phenoxy) is 2.